The number of ether oxygens (including phenoxy) is 1. The molecule has 0 radical (unpaired) electrons. The van der Waals surface area contributed by atoms with Gasteiger partial charge < -0.3 is 24.4 Å². The van der Waals surface area contributed by atoms with Gasteiger partial charge in [-0.15, -0.1) is 0 Å². The molecule has 4 rings (SSSR count). The van der Waals surface area contributed by atoms with E-state index < -0.39 is 0 Å². The van der Waals surface area contributed by atoms with Crippen molar-refractivity contribution in [3.63, 3.8) is 0 Å². The molecule has 1 aromatic heterocycles. The summed E-state index contributed by atoms with van der Waals surface area (Å²) < 4.78 is 7.57. The molecule has 0 unspecified atom stereocenters. The Hall–Kier alpha value is -3.06. The quantitative estimate of drug-likeness (QED) is 0.247. The minimum Gasteiger partial charge on any atom is -0.497 e. The number of fused-ring (bicyclic) bond motifs is 1. The van der Waals surface area contributed by atoms with Crippen molar-refractivity contribution >= 4 is 28.6 Å². The molecule has 7 heteroatoms. The fraction of sp³-hybridized carbons (Fsp3) is 0.562. The van der Waals surface area contributed by atoms with Crippen molar-refractivity contribution in [2.24, 2.45) is 11.8 Å². The highest BCUT2D eigenvalue weighted by molar-refractivity contribution is 5.98. The number of carbonyl (C=O) groups is 1. The molecule has 1 amide bonds. The van der Waals surface area contributed by atoms with Gasteiger partial charge in [0.25, 0.3) is 5.91 Å². The first-order chi connectivity index (χ1) is 18.8. The molecule has 39 heavy (non-hydrogen) atoms. The highest BCUT2D eigenvalue weighted by Gasteiger charge is 2.20. The van der Waals surface area contributed by atoms with Crippen LogP contribution in [0.2, 0.25) is 0 Å². The second-order valence-electron chi connectivity index (χ2n) is 11.7. The number of carbonyl (C=O) groups excluding carboxylic acids is 1. The van der Waals surface area contributed by atoms with Crippen molar-refractivity contribution in [1.29, 1.82) is 0 Å². The zero-order valence-electron chi connectivity index (χ0n) is 24.6. The molecular weight excluding hydrogens is 486 g/mol. The maximum Gasteiger partial charge on any atom is 0.253 e. The number of methoxy groups -OCH3 is 1. The average Bonchev–Trinajstić information content (AvgIpc) is 3.56. The van der Waals surface area contributed by atoms with E-state index in [0.717, 1.165) is 79.4 Å². The summed E-state index contributed by atoms with van der Waals surface area (Å²) in [6.45, 7) is 14.8. The maximum atomic E-state index is 13.7. The molecule has 0 bridgehead atoms. The molecule has 0 saturated carbocycles. The average molecular weight is 534 g/mol. The number of hydrogen-bond acceptors (Lipinski definition) is 5. The molecule has 1 saturated heterocycles. The van der Waals surface area contributed by atoms with Crippen LogP contribution >= 0.6 is 0 Å². The van der Waals surface area contributed by atoms with Gasteiger partial charge in [0.1, 0.15) is 5.75 Å². The molecule has 1 aliphatic heterocycles. The van der Waals surface area contributed by atoms with Crippen LogP contribution in [0.15, 0.2) is 42.5 Å². The Kier molecular flexibility index (Phi) is 10.3. The van der Waals surface area contributed by atoms with E-state index in [1.165, 1.54) is 25.9 Å². The Balaban J connectivity index is 1.61. The van der Waals surface area contributed by atoms with Gasteiger partial charge in [0.15, 0.2) is 0 Å². The molecule has 1 N–H and O–H groups in total. The van der Waals surface area contributed by atoms with E-state index in [1.807, 2.05) is 41.3 Å². The number of rotatable bonds is 14. The normalized spacial score (nSPS) is 14.0. The molecule has 1 fully saturated rings. The summed E-state index contributed by atoms with van der Waals surface area (Å²) in [5, 5.41) is 3.52. The van der Waals surface area contributed by atoms with Gasteiger partial charge in [0, 0.05) is 30.9 Å². The number of anilines is 2. The predicted octanol–water partition coefficient (Wildman–Crippen LogP) is 6.81. The molecule has 0 atom stereocenters. The number of imidazole rings is 1. The van der Waals surface area contributed by atoms with Crippen molar-refractivity contribution in [1.82, 2.24) is 19.4 Å². The zero-order chi connectivity index (χ0) is 27.8. The lowest BCUT2D eigenvalue weighted by Crippen LogP contribution is -2.34. The lowest BCUT2D eigenvalue weighted by atomic mass is 10.1. The van der Waals surface area contributed by atoms with E-state index in [2.05, 4.69) is 48.5 Å². The Bertz CT molecular complexity index is 1180. The van der Waals surface area contributed by atoms with E-state index in [-0.39, 0.29) is 5.91 Å². The van der Waals surface area contributed by atoms with Crippen LogP contribution in [-0.2, 0) is 6.54 Å². The van der Waals surface area contributed by atoms with Crippen molar-refractivity contribution in [3.8, 4) is 5.75 Å². The smallest absolute Gasteiger partial charge is 0.253 e. The van der Waals surface area contributed by atoms with Crippen LogP contribution in [0.5, 0.6) is 5.75 Å². The highest BCUT2D eigenvalue weighted by atomic mass is 16.5. The number of benzene rings is 2. The lowest BCUT2D eigenvalue weighted by Gasteiger charge is -2.25. The Morgan fingerprint density at radius 1 is 0.974 bits per heavy atom. The van der Waals surface area contributed by atoms with Crippen LogP contribution in [0.4, 0.5) is 11.6 Å². The Morgan fingerprint density at radius 3 is 2.26 bits per heavy atom. The number of likely N-dealkylation sites (tertiary alicyclic amines) is 1. The summed E-state index contributed by atoms with van der Waals surface area (Å²) in [5.41, 5.74) is 3.61. The molecule has 2 aromatic carbocycles. The number of hydrogen-bond donors (Lipinski definition) is 1. The molecule has 0 aliphatic carbocycles. The fourth-order valence-corrected chi connectivity index (χ4v) is 5.17. The van der Waals surface area contributed by atoms with Gasteiger partial charge in [0.2, 0.25) is 5.95 Å². The van der Waals surface area contributed by atoms with Gasteiger partial charge in [-0.25, -0.2) is 4.98 Å². The monoisotopic (exact) mass is 533 g/mol. The van der Waals surface area contributed by atoms with Gasteiger partial charge in [-0.3, -0.25) is 4.79 Å². The van der Waals surface area contributed by atoms with Crippen molar-refractivity contribution in [3.05, 3.63) is 48.0 Å². The van der Waals surface area contributed by atoms with Crippen LogP contribution in [-0.4, -0.2) is 65.1 Å². The minimum absolute atomic E-state index is 0.118. The third kappa shape index (κ3) is 7.98. The van der Waals surface area contributed by atoms with E-state index in [4.69, 9.17) is 9.72 Å². The first-order valence-electron chi connectivity index (χ1n) is 14.8. The SMILES string of the molecule is COc1ccc(Nc2nc3ccc(C(=O)N(CCC(C)C)CCC(C)C)cc3n2CCCN2CCCC2)cc1. The van der Waals surface area contributed by atoms with Crippen LogP contribution in [0.3, 0.4) is 0 Å². The molecule has 7 nitrogen and oxygen atoms in total. The Morgan fingerprint density at radius 2 is 1.64 bits per heavy atom. The third-order valence-corrected chi connectivity index (χ3v) is 7.64. The van der Waals surface area contributed by atoms with Crippen LogP contribution < -0.4 is 10.1 Å². The fourth-order valence-electron chi connectivity index (χ4n) is 5.17. The molecular formula is C32H47N5O2. The maximum absolute atomic E-state index is 13.7. The van der Waals surface area contributed by atoms with Crippen molar-refractivity contribution < 1.29 is 9.53 Å². The lowest BCUT2D eigenvalue weighted by molar-refractivity contribution is 0.0741. The number of aromatic nitrogens is 2. The zero-order valence-corrected chi connectivity index (χ0v) is 24.6. The summed E-state index contributed by atoms with van der Waals surface area (Å²) in [7, 11) is 1.67. The molecule has 212 valence electrons. The van der Waals surface area contributed by atoms with Gasteiger partial charge in [-0.05, 0) is 106 Å². The molecule has 3 aromatic rings. The summed E-state index contributed by atoms with van der Waals surface area (Å²) in [6, 6.07) is 13.9. The second kappa shape index (κ2) is 13.8. The summed E-state index contributed by atoms with van der Waals surface area (Å²) in [4.78, 5) is 23.3. The molecule has 1 aliphatic rings. The van der Waals surface area contributed by atoms with Crippen molar-refractivity contribution in [2.75, 3.05) is 45.2 Å². The first-order valence-corrected chi connectivity index (χ1v) is 14.8. The molecule has 0 spiro atoms. The standard InChI is InChI=1S/C32H47N5O2/c1-24(2)15-21-36(22-16-25(3)4)31(38)26-9-14-29-30(23-26)37(20-8-19-35-17-6-7-18-35)32(34-29)33-27-10-12-28(39-5)13-11-27/h9-14,23-25H,6-8,15-22H2,1-5H3,(H,33,34). The van der Waals surface area contributed by atoms with Crippen LogP contribution in [0, 0.1) is 11.8 Å². The van der Waals surface area contributed by atoms with Crippen molar-refractivity contribution in [2.45, 2.75) is 66.3 Å². The van der Waals surface area contributed by atoms with Crippen LogP contribution in [0.25, 0.3) is 11.0 Å². The number of amides is 1. The van der Waals surface area contributed by atoms with E-state index in [9.17, 15) is 4.79 Å². The second-order valence-corrected chi connectivity index (χ2v) is 11.7. The third-order valence-electron chi connectivity index (χ3n) is 7.64. The first kappa shape index (κ1) is 28.9. The van der Waals surface area contributed by atoms with E-state index in [0.29, 0.717) is 11.8 Å². The van der Waals surface area contributed by atoms with Gasteiger partial charge in [0.05, 0.1) is 18.1 Å². The summed E-state index contributed by atoms with van der Waals surface area (Å²) >= 11 is 0. The van der Waals surface area contributed by atoms with E-state index >= 15 is 0 Å². The number of nitrogens with one attached hydrogen (secondary N) is 1. The van der Waals surface area contributed by atoms with E-state index in [1.54, 1.807) is 7.11 Å². The highest BCUT2D eigenvalue weighted by Crippen LogP contribution is 2.26. The Labute approximate surface area is 234 Å². The summed E-state index contributed by atoms with van der Waals surface area (Å²) in [6.07, 6.45) is 5.66. The largest absolute Gasteiger partial charge is 0.497 e. The van der Waals surface area contributed by atoms with Gasteiger partial charge in [-0.1, -0.05) is 27.7 Å². The molecule has 2 heterocycles. The van der Waals surface area contributed by atoms with Gasteiger partial charge in [-0.2, -0.15) is 0 Å². The van der Waals surface area contributed by atoms with Gasteiger partial charge >= 0.3 is 0 Å². The topological polar surface area (TPSA) is 62.6 Å². The number of nitrogens with zero attached hydrogens (tertiary/aromatic N) is 4. The number of aryl methyl sites for hydroxylation is 1. The van der Waals surface area contributed by atoms with Crippen LogP contribution in [0.1, 0.15) is 70.2 Å². The minimum atomic E-state index is 0.118. The summed E-state index contributed by atoms with van der Waals surface area (Å²) in [5.74, 6) is 2.86. The predicted molar refractivity (Wildman–Crippen MR) is 161 cm³/mol.